The van der Waals surface area contributed by atoms with Crippen molar-refractivity contribution in [2.24, 2.45) is 0 Å². The van der Waals surface area contributed by atoms with Crippen molar-refractivity contribution in [3.8, 4) is 22.3 Å². The number of rotatable bonds is 13. The van der Waals surface area contributed by atoms with Crippen LogP contribution in [0.5, 0.6) is 0 Å². The van der Waals surface area contributed by atoms with Gasteiger partial charge in [-0.1, -0.05) is 74.5 Å². The molecule has 12 heteroatoms. The van der Waals surface area contributed by atoms with Gasteiger partial charge in [0.05, 0.1) is 11.4 Å². The van der Waals surface area contributed by atoms with Gasteiger partial charge in [0.2, 0.25) is 0 Å². The monoisotopic (exact) mass is 1270 g/mol. The van der Waals surface area contributed by atoms with E-state index < -0.39 is 57.4 Å². The van der Waals surface area contributed by atoms with Gasteiger partial charge in [-0.2, -0.15) is 0 Å². The summed E-state index contributed by atoms with van der Waals surface area (Å²) in [5.41, 5.74) is 11.9. The SMILES string of the molecule is CC1(C2(C)c3cc(N(c4ccc(F)cc4)c4ccc(F)cc4)ccc3-c3c2cc(N(c2ccc(F)cc2)c2ccc(F)cc2)c2ccccc32)c2cc(N(c3ccc(F)cc3)c3ccc(F)cc3)ccc2-c2c1cc(N(c1ccc(F)cc1)c1ccc(F)cc1)c1ccccc21. The van der Waals surface area contributed by atoms with Gasteiger partial charge in [0.1, 0.15) is 46.5 Å². The molecule has 0 heterocycles. The molecule has 0 fully saturated rings. The summed E-state index contributed by atoms with van der Waals surface area (Å²) in [6, 6.07) is 82.4. The van der Waals surface area contributed by atoms with E-state index in [2.05, 4.69) is 62.4 Å². The Labute approximate surface area is 548 Å². The van der Waals surface area contributed by atoms with Crippen LogP contribution < -0.4 is 19.6 Å². The lowest BCUT2D eigenvalue weighted by molar-refractivity contribution is 0.376. The molecule has 466 valence electrons. The minimum atomic E-state index is -1.26. The number of halogens is 8. The molecule has 0 bridgehead atoms. The van der Waals surface area contributed by atoms with Crippen molar-refractivity contribution in [3.63, 3.8) is 0 Å². The first-order valence-electron chi connectivity index (χ1n) is 31.3. The number of benzene rings is 14. The Kier molecular flexibility index (Phi) is 14.2. The number of hydrogen-bond donors (Lipinski definition) is 0. The summed E-state index contributed by atoms with van der Waals surface area (Å²) >= 11 is 0. The topological polar surface area (TPSA) is 13.0 Å². The molecule has 4 nitrogen and oxygen atoms in total. The van der Waals surface area contributed by atoms with Crippen LogP contribution in [-0.4, -0.2) is 0 Å². The lowest BCUT2D eigenvalue weighted by Gasteiger charge is -2.46. The Balaban J connectivity index is 1.07. The maximum Gasteiger partial charge on any atom is 0.123 e. The number of nitrogens with zero attached hydrogens (tertiary/aromatic N) is 4. The maximum absolute atomic E-state index is 15.2. The molecule has 2 aliphatic carbocycles. The third-order valence-electron chi connectivity index (χ3n) is 19.4. The molecule has 0 saturated heterocycles. The Morgan fingerprint density at radius 1 is 0.208 bits per heavy atom. The van der Waals surface area contributed by atoms with E-state index >= 15 is 35.1 Å². The first-order valence-corrected chi connectivity index (χ1v) is 31.3. The van der Waals surface area contributed by atoms with Crippen molar-refractivity contribution in [1.29, 1.82) is 0 Å². The van der Waals surface area contributed by atoms with Crippen LogP contribution in [0, 0.1) is 46.5 Å². The lowest BCUT2D eigenvalue weighted by atomic mass is 9.56. The summed E-state index contributed by atoms with van der Waals surface area (Å²) in [6.07, 6.45) is 0. The average Bonchev–Trinajstić information content (AvgIpc) is 1.48. The van der Waals surface area contributed by atoms with Crippen LogP contribution in [0.25, 0.3) is 43.8 Å². The first-order chi connectivity index (χ1) is 46.6. The van der Waals surface area contributed by atoms with Gasteiger partial charge in [0.15, 0.2) is 0 Å². The van der Waals surface area contributed by atoms with Crippen molar-refractivity contribution in [1.82, 2.24) is 0 Å². The summed E-state index contributed by atoms with van der Waals surface area (Å²) in [7, 11) is 0. The zero-order valence-electron chi connectivity index (χ0n) is 51.5. The van der Waals surface area contributed by atoms with Gasteiger partial charge in [-0.25, -0.2) is 35.1 Å². The van der Waals surface area contributed by atoms with E-state index in [1.54, 1.807) is 97.1 Å². The van der Waals surface area contributed by atoms with Crippen molar-refractivity contribution < 1.29 is 35.1 Å². The second-order valence-corrected chi connectivity index (χ2v) is 24.6. The smallest absolute Gasteiger partial charge is 0.123 e. The van der Waals surface area contributed by atoms with Gasteiger partial charge in [-0.15, -0.1) is 0 Å². The summed E-state index contributed by atoms with van der Waals surface area (Å²) in [5, 5.41) is 3.36. The minimum Gasteiger partial charge on any atom is -0.310 e. The molecule has 0 aromatic heterocycles. The van der Waals surface area contributed by atoms with Crippen LogP contribution in [-0.2, 0) is 10.8 Å². The quantitative estimate of drug-likeness (QED) is 0.107. The van der Waals surface area contributed by atoms with Gasteiger partial charge in [0.25, 0.3) is 0 Å². The van der Waals surface area contributed by atoms with Gasteiger partial charge in [0, 0.05) is 78.5 Å². The molecule has 2 unspecified atom stereocenters. The zero-order valence-corrected chi connectivity index (χ0v) is 51.5. The van der Waals surface area contributed by atoms with E-state index in [0.717, 1.165) is 66.1 Å². The highest BCUT2D eigenvalue weighted by Crippen LogP contribution is 2.69. The molecule has 0 N–H and O–H groups in total. The highest BCUT2D eigenvalue weighted by atomic mass is 19.2. The second-order valence-electron chi connectivity index (χ2n) is 24.6. The number of fused-ring (bicyclic) bond motifs is 10. The van der Waals surface area contributed by atoms with E-state index in [1.165, 1.54) is 97.1 Å². The third kappa shape index (κ3) is 9.64. The van der Waals surface area contributed by atoms with E-state index in [0.29, 0.717) is 68.2 Å². The molecule has 14 aromatic carbocycles. The molecule has 0 aliphatic heterocycles. The minimum absolute atomic E-state index is 0.444. The van der Waals surface area contributed by atoms with E-state index in [1.807, 2.05) is 68.1 Å². The normalized spacial score (nSPS) is 15.1. The van der Waals surface area contributed by atoms with Crippen molar-refractivity contribution >= 4 is 89.8 Å². The molecule has 14 aromatic rings. The van der Waals surface area contributed by atoms with Crippen LogP contribution in [0.2, 0.25) is 0 Å². The second kappa shape index (κ2) is 23.1. The van der Waals surface area contributed by atoms with Gasteiger partial charge < -0.3 is 19.6 Å². The third-order valence-corrected chi connectivity index (χ3v) is 19.4. The largest absolute Gasteiger partial charge is 0.310 e. The van der Waals surface area contributed by atoms with Crippen molar-refractivity contribution in [2.45, 2.75) is 24.7 Å². The highest BCUT2D eigenvalue weighted by Gasteiger charge is 2.59. The summed E-state index contributed by atoms with van der Waals surface area (Å²) < 4.78 is 121. The fourth-order valence-corrected chi connectivity index (χ4v) is 14.9. The summed E-state index contributed by atoms with van der Waals surface area (Å²) in [4.78, 5) is 7.95. The molecule has 16 rings (SSSR count). The maximum atomic E-state index is 15.2. The number of anilines is 12. The predicted octanol–water partition coefficient (Wildman–Crippen LogP) is 24.3. The molecule has 0 radical (unpaired) electrons. The van der Waals surface area contributed by atoms with Gasteiger partial charge in [-0.05, 0) is 286 Å². The molecule has 0 amide bonds. The van der Waals surface area contributed by atoms with Gasteiger partial charge >= 0.3 is 0 Å². The lowest BCUT2D eigenvalue weighted by Crippen LogP contribution is -2.44. The Morgan fingerprint density at radius 2 is 0.417 bits per heavy atom. The van der Waals surface area contributed by atoms with E-state index in [9.17, 15) is 0 Å². The average molecular weight is 1270 g/mol. The van der Waals surface area contributed by atoms with E-state index in [-0.39, 0.29) is 0 Å². The van der Waals surface area contributed by atoms with E-state index in [4.69, 9.17) is 0 Å². The van der Waals surface area contributed by atoms with Crippen LogP contribution >= 0.6 is 0 Å². The molecule has 0 saturated carbocycles. The first kappa shape index (κ1) is 59.3. The Hall–Kier alpha value is -11.8. The summed E-state index contributed by atoms with van der Waals surface area (Å²) in [5.74, 6) is -3.56. The fraction of sp³-hybridized carbons (Fsp3) is 0.0476. The molecule has 2 aliphatic rings. The van der Waals surface area contributed by atoms with Crippen LogP contribution in [0.4, 0.5) is 103 Å². The Bertz CT molecular complexity index is 4820. The zero-order chi connectivity index (χ0) is 65.7. The molecular formula is C84H54F8N4. The summed E-state index contributed by atoms with van der Waals surface area (Å²) in [6.45, 7) is 4.49. The highest BCUT2D eigenvalue weighted by molar-refractivity contribution is 6.14. The van der Waals surface area contributed by atoms with Crippen molar-refractivity contribution in [2.75, 3.05) is 19.6 Å². The van der Waals surface area contributed by atoms with Crippen LogP contribution in [0.15, 0.2) is 291 Å². The van der Waals surface area contributed by atoms with Crippen molar-refractivity contribution in [3.05, 3.63) is 360 Å². The fourth-order valence-electron chi connectivity index (χ4n) is 14.9. The number of hydrogen-bond acceptors (Lipinski definition) is 4. The molecule has 96 heavy (non-hydrogen) atoms. The molecule has 0 spiro atoms. The predicted molar refractivity (Wildman–Crippen MR) is 370 cm³/mol. The van der Waals surface area contributed by atoms with Gasteiger partial charge in [-0.3, -0.25) is 0 Å². The van der Waals surface area contributed by atoms with Crippen LogP contribution in [0.3, 0.4) is 0 Å². The molecule has 2 atom stereocenters. The molecular weight excluding hydrogens is 1220 g/mol. The Morgan fingerprint density at radius 3 is 0.656 bits per heavy atom. The standard InChI is InChI=1S/C84H54F8N4/c1-83(75-47-67(93(59-27-11-51(85)12-28-59)60-29-13-52(86)14-30-60)43-45-73(75)81-71-9-5-3-7-69(71)79(49-77(81)83)95(63-35-19-55(89)20-36-63)64-37-21-56(90)22-38-64)84(2)76-48-68(94(61-31-15-53(87)16-32-61)62-33-17-54(88)18-34-62)44-46-74(76)82-72-10-6-4-8-70(72)80(50-78(82)84)96(65-39-23-57(91)24-40-65)66-41-25-58(92)26-42-66/h3-50H,1-2H3. The van der Waals surface area contributed by atoms with Crippen LogP contribution in [0.1, 0.15) is 36.1 Å².